The number of benzene rings is 1. The van der Waals surface area contributed by atoms with Gasteiger partial charge in [-0.25, -0.2) is 4.98 Å². The van der Waals surface area contributed by atoms with E-state index in [9.17, 15) is 0 Å². The highest BCUT2D eigenvalue weighted by Crippen LogP contribution is 2.28. The summed E-state index contributed by atoms with van der Waals surface area (Å²) < 4.78 is 0. The Labute approximate surface area is 109 Å². The van der Waals surface area contributed by atoms with Gasteiger partial charge in [-0.1, -0.05) is 11.6 Å². The molecule has 1 aromatic carbocycles. The van der Waals surface area contributed by atoms with Crippen molar-refractivity contribution in [1.29, 1.82) is 0 Å². The quantitative estimate of drug-likeness (QED) is 0.659. The number of aromatic amines is 1. The Kier molecular flexibility index (Phi) is 2.45. The molecule has 5 heteroatoms. The second kappa shape index (κ2) is 3.99. The molecule has 4 nitrogen and oxygen atoms in total. The zero-order valence-corrected chi connectivity index (χ0v) is 10.5. The molecule has 0 bridgehead atoms. The molecule has 0 spiro atoms. The standard InChI is InChI=1S/C13H11ClN4/c1-7-6-16-3-2-9(7)13-17-11-5-8(14)4-10(15)12(11)18-13/h2-6H,15H2,1H3,(H,17,18). The largest absolute Gasteiger partial charge is 0.397 e. The van der Waals surface area contributed by atoms with E-state index in [1.165, 1.54) is 0 Å². The molecule has 0 aliphatic carbocycles. The lowest BCUT2D eigenvalue weighted by Crippen LogP contribution is -1.87. The average Bonchev–Trinajstić information content (AvgIpc) is 2.73. The maximum Gasteiger partial charge on any atom is 0.138 e. The number of nitrogens with zero attached hydrogens (tertiary/aromatic N) is 2. The predicted octanol–water partition coefficient (Wildman–Crippen LogP) is 3.17. The number of fused-ring (bicyclic) bond motifs is 1. The SMILES string of the molecule is Cc1cnccc1-c1nc2c(N)cc(Cl)cc2[nH]1. The first-order valence-electron chi connectivity index (χ1n) is 5.51. The van der Waals surface area contributed by atoms with Crippen LogP contribution >= 0.6 is 11.6 Å². The van der Waals surface area contributed by atoms with Gasteiger partial charge in [0.1, 0.15) is 11.3 Å². The van der Waals surface area contributed by atoms with Crippen LogP contribution in [0.15, 0.2) is 30.6 Å². The summed E-state index contributed by atoms with van der Waals surface area (Å²) >= 11 is 5.97. The van der Waals surface area contributed by atoms with Crippen LogP contribution in [0.5, 0.6) is 0 Å². The van der Waals surface area contributed by atoms with Gasteiger partial charge in [0.05, 0.1) is 11.2 Å². The Hall–Kier alpha value is -2.07. The number of aryl methyl sites for hydroxylation is 1. The van der Waals surface area contributed by atoms with Gasteiger partial charge in [0, 0.05) is 23.0 Å². The van der Waals surface area contributed by atoms with Crippen molar-refractivity contribution >= 4 is 28.3 Å². The highest BCUT2D eigenvalue weighted by Gasteiger charge is 2.10. The van der Waals surface area contributed by atoms with E-state index in [0.29, 0.717) is 10.7 Å². The summed E-state index contributed by atoms with van der Waals surface area (Å²) in [6.45, 7) is 1.99. The fourth-order valence-corrected chi connectivity index (χ4v) is 2.20. The first kappa shape index (κ1) is 11.0. The number of rotatable bonds is 1. The lowest BCUT2D eigenvalue weighted by Gasteiger charge is -1.99. The summed E-state index contributed by atoms with van der Waals surface area (Å²) in [4.78, 5) is 11.8. The number of aromatic nitrogens is 3. The molecule has 3 aromatic rings. The number of hydrogen-bond donors (Lipinski definition) is 2. The number of H-pyrrole nitrogens is 1. The molecule has 3 rings (SSSR count). The molecule has 0 unspecified atom stereocenters. The molecule has 3 N–H and O–H groups in total. The van der Waals surface area contributed by atoms with E-state index in [-0.39, 0.29) is 0 Å². The van der Waals surface area contributed by atoms with E-state index < -0.39 is 0 Å². The zero-order valence-electron chi connectivity index (χ0n) is 9.74. The van der Waals surface area contributed by atoms with Crippen LogP contribution in [-0.4, -0.2) is 15.0 Å². The Morgan fingerprint density at radius 3 is 2.94 bits per heavy atom. The molecule has 0 atom stereocenters. The fraction of sp³-hybridized carbons (Fsp3) is 0.0769. The molecular weight excluding hydrogens is 248 g/mol. The molecule has 2 aromatic heterocycles. The smallest absolute Gasteiger partial charge is 0.138 e. The van der Waals surface area contributed by atoms with Gasteiger partial charge in [0.15, 0.2) is 0 Å². The lowest BCUT2D eigenvalue weighted by atomic mass is 10.1. The summed E-state index contributed by atoms with van der Waals surface area (Å²) in [6.07, 6.45) is 3.55. The number of nitrogens with two attached hydrogens (primary N) is 1. The third kappa shape index (κ3) is 1.71. The minimum Gasteiger partial charge on any atom is -0.397 e. The van der Waals surface area contributed by atoms with Gasteiger partial charge in [-0.05, 0) is 30.7 Å². The van der Waals surface area contributed by atoms with Crippen LogP contribution in [0.4, 0.5) is 5.69 Å². The molecular formula is C13H11ClN4. The van der Waals surface area contributed by atoms with Crippen molar-refractivity contribution in [1.82, 2.24) is 15.0 Å². The van der Waals surface area contributed by atoms with Crippen molar-refractivity contribution in [2.45, 2.75) is 6.92 Å². The summed E-state index contributed by atoms with van der Waals surface area (Å²) in [7, 11) is 0. The monoisotopic (exact) mass is 258 g/mol. The Morgan fingerprint density at radius 1 is 1.33 bits per heavy atom. The second-order valence-corrected chi connectivity index (χ2v) is 4.60. The van der Waals surface area contributed by atoms with E-state index in [4.69, 9.17) is 17.3 Å². The van der Waals surface area contributed by atoms with E-state index in [1.54, 1.807) is 18.5 Å². The Bertz CT molecular complexity index is 733. The Morgan fingerprint density at radius 2 is 2.17 bits per heavy atom. The van der Waals surface area contributed by atoms with E-state index in [0.717, 1.165) is 28.0 Å². The number of nitrogens with one attached hydrogen (secondary N) is 1. The molecule has 0 amide bonds. The van der Waals surface area contributed by atoms with E-state index >= 15 is 0 Å². The number of halogens is 1. The van der Waals surface area contributed by atoms with Crippen molar-refractivity contribution in [3.8, 4) is 11.4 Å². The molecule has 0 aliphatic rings. The zero-order chi connectivity index (χ0) is 12.7. The van der Waals surface area contributed by atoms with Crippen LogP contribution in [-0.2, 0) is 0 Å². The normalized spacial score (nSPS) is 11.0. The highest BCUT2D eigenvalue weighted by molar-refractivity contribution is 6.31. The topological polar surface area (TPSA) is 67.6 Å². The maximum absolute atomic E-state index is 5.97. The molecule has 0 fully saturated rings. The minimum atomic E-state index is 0.576. The van der Waals surface area contributed by atoms with Gasteiger partial charge in [-0.3, -0.25) is 4.98 Å². The van der Waals surface area contributed by atoms with Crippen molar-refractivity contribution in [3.05, 3.63) is 41.2 Å². The van der Waals surface area contributed by atoms with Gasteiger partial charge in [-0.2, -0.15) is 0 Å². The highest BCUT2D eigenvalue weighted by atomic mass is 35.5. The molecule has 2 heterocycles. The minimum absolute atomic E-state index is 0.576. The molecule has 18 heavy (non-hydrogen) atoms. The second-order valence-electron chi connectivity index (χ2n) is 4.17. The fourth-order valence-electron chi connectivity index (χ4n) is 1.97. The van der Waals surface area contributed by atoms with Crippen molar-refractivity contribution < 1.29 is 0 Å². The summed E-state index contributed by atoms with van der Waals surface area (Å²) in [5, 5.41) is 0.599. The van der Waals surface area contributed by atoms with Crippen LogP contribution in [0.25, 0.3) is 22.4 Å². The van der Waals surface area contributed by atoms with E-state index in [2.05, 4.69) is 15.0 Å². The van der Waals surface area contributed by atoms with Crippen molar-refractivity contribution in [3.63, 3.8) is 0 Å². The number of imidazole rings is 1. The van der Waals surface area contributed by atoms with Crippen LogP contribution in [0.2, 0.25) is 5.02 Å². The number of anilines is 1. The third-order valence-corrected chi connectivity index (χ3v) is 3.07. The molecule has 0 aliphatic heterocycles. The number of hydrogen-bond acceptors (Lipinski definition) is 3. The van der Waals surface area contributed by atoms with Gasteiger partial charge >= 0.3 is 0 Å². The summed E-state index contributed by atoms with van der Waals surface area (Å²) in [5.41, 5.74) is 10.1. The summed E-state index contributed by atoms with van der Waals surface area (Å²) in [5.74, 6) is 0.777. The molecule has 0 saturated heterocycles. The van der Waals surface area contributed by atoms with E-state index in [1.807, 2.05) is 19.1 Å². The molecule has 0 saturated carbocycles. The third-order valence-electron chi connectivity index (χ3n) is 2.86. The predicted molar refractivity (Wildman–Crippen MR) is 73.5 cm³/mol. The summed E-state index contributed by atoms with van der Waals surface area (Å²) in [6, 6.07) is 5.44. The molecule has 90 valence electrons. The van der Waals surface area contributed by atoms with Gasteiger partial charge in [0.2, 0.25) is 0 Å². The lowest BCUT2D eigenvalue weighted by molar-refractivity contribution is 1.23. The number of nitrogen functional groups attached to an aromatic ring is 1. The van der Waals surface area contributed by atoms with Crippen molar-refractivity contribution in [2.75, 3.05) is 5.73 Å². The van der Waals surface area contributed by atoms with Gasteiger partial charge in [0.25, 0.3) is 0 Å². The van der Waals surface area contributed by atoms with Crippen LogP contribution in [0, 0.1) is 6.92 Å². The Balaban J connectivity index is 2.26. The average molecular weight is 259 g/mol. The van der Waals surface area contributed by atoms with Crippen LogP contribution < -0.4 is 5.73 Å². The first-order chi connectivity index (χ1) is 8.65. The van der Waals surface area contributed by atoms with Crippen molar-refractivity contribution in [2.24, 2.45) is 0 Å². The van der Waals surface area contributed by atoms with Gasteiger partial charge < -0.3 is 10.7 Å². The first-order valence-corrected chi connectivity index (χ1v) is 5.88. The maximum atomic E-state index is 5.97. The van der Waals surface area contributed by atoms with Crippen LogP contribution in [0.1, 0.15) is 5.56 Å². The number of pyridine rings is 1. The van der Waals surface area contributed by atoms with Crippen LogP contribution in [0.3, 0.4) is 0 Å². The van der Waals surface area contributed by atoms with Gasteiger partial charge in [-0.15, -0.1) is 0 Å². The molecule has 0 radical (unpaired) electrons.